The predicted molar refractivity (Wildman–Crippen MR) is 113 cm³/mol. The number of carbonyl (C=O) groups is 2. The Kier molecular flexibility index (Phi) is 5.22. The van der Waals surface area contributed by atoms with Crippen LogP contribution in [0, 0.1) is 6.92 Å². The molecule has 2 aromatic carbocycles. The Balaban J connectivity index is 1.36. The summed E-state index contributed by atoms with van der Waals surface area (Å²) in [6, 6.07) is 15.3. The molecule has 0 saturated carbocycles. The number of anilines is 1. The zero-order valence-corrected chi connectivity index (χ0v) is 16.9. The molecule has 0 radical (unpaired) electrons. The van der Waals surface area contributed by atoms with E-state index in [-0.39, 0.29) is 24.1 Å². The summed E-state index contributed by atoms with van der Waals surface area (Å²) < 4.78 is 1.89. The molecule has 0 fully saturated rings. The van der Waals surface area contributed by atoms with Crippen LogP contribution >= 0.6 is 11.8 Å². The van der Waals surface area contributed by atoms with Crippen molar-refractivity contribution < 1.29 is 9.59 Å². The van der Waals surface area contributed by atoms with E-state index in [1.807, 2.05) is 59.9 Å². The number of amides is 2. The minimum Gasteiger partial charge on any atom is -0.336 e. The van der Waals surface area contributed by atoms with E-state index in [2.05, 4.69) is 20.5 Å². The third-order valence-electron chi connectivity index (χ3n) is 4.47. The van der Waals surface area contributed by atoms with Gasteiger partial charge in [-0.15, -0.1) is 5.10 Å². The van der Waals surface area contributed by atoms with Gasteiger partial charge in [0.25, 0.3) is 0 Å². The van der Waals surface area contributed by atoms with Crippen molar-refractivity contribution in [2.45, 2.75) is 12.1 Å². The van der Waals surface area contributed by atoms with Gasteiger partial charge in [0.15, 0.2) is 5.16 Å². The van der Waals surface area contributed by atoms with E-state index in [1.54, 1.807) is 7.05 Å². The normalized spacial score (nSPS) is 11.1. The van der Waals surface area contributed by atoms with E-state index >= 15 is 0 Å². The van der Waals surface area contributed by atoms with Gasteiger partial charge in [-0.3, -0.25) is 14.0 Å². The summed E-state index contributed by atoms with van der Waals surface area (Å²) in [5.74, 6) is 0.403. The Morgan fingerprint density at radius 3 is 2.72 bits per heavy atom. The molecule has 0 saturated heterocycles. The number of hydrogen-bond donors (Lipinski definition) is 2. The summed E-state index contributed by atoms with van der Waals surface area (Å²) in [4.78, 5) is 30.5. The molecule has 0 bridgehead atoms. The summed E-state index contributed by atoms with van der Waals surface area (Å²) in [7, 11) is 1.62. The molecule has 4 aromatic rings. The lowest BCUT2D eigenvalue weighted by Gasteiger charge is -2.16. The number of likely N-dealkylation sites (N-methyl/N-ethyl adjacent to an activating group) is 1. The molecule has 0 unspecified atom stereocenters. The number of imidazole rings is 1. The highest BCUT2D eigenvalue weighted by atomic mass is 32.2. The lowest BCUT2D eigenvalue weighted by molar-refractivity contribution is -0.131. The van der Waals surface area contributed by atoms with Crippen molar-refractivity contribution in [1.82, 2.24) is 24.5 Å². The molecule has 0 atom stereocenters. The summed E-state index contributed by atoms with van der Waals surface area (Å²) in [6.07, 6.45) is 0. The van der Waals surface area contributed by atoms with E-state index in [4.69, 9.17) is 0 Å². The molecule has 29 heavy (non-hydrogen) atoms. The number of hydrogen-bond acceptors (Lipinski definition) is 5. The van der Waals surface area contributed by atoms with Crippen LogP contribution in [0.25, 0.3) is 16.8 Å². The quantitative estimate of drug-likeness (QED) is 0.478. The summed E-state index contributed by atoms with van der Waals surface area (Å²) in [5, 5.41) is 10.6. The first-order valence-corrected chi connectivity index (χ1v) is 10.0. The van der Waals surface area contributed by atoms with Crippen LogP contribution in [0.3, 0.4) is 0 Å². The Morgan fingerprint density at radius 1 is 1.17 bits per heavy atom. The third kappa shape index (κ3) is 4.09. The summed E-state index contributed by atoms with van der Waals surface area (Å²) in [5.41, 5.74) is 3.61. The van der Waals surface area contributed by atoms with Crippen LogP contribution in [0.4, 0.5) is 5.69 Å². The molecule has 0 aliphatic rings. The average molecular weight is 408 g/mol. The highest BCUT2D eigenvalue weighted by Gasteiger charge is 2.17. The van der Waals surface area contributed by atoms with E-state index in [0.29, 0.717) is 16.6 Å². The van der Waals surface area contributed by atoms with Crippen LogP contribution in [-0.4, -0.2) is 55.6 Å². The first-order chi connectivity index (χ1) is 14.0. The highest BCUT2D eigenvalue weighted by molar-refractivity contribution is 7.99. The fraction of sp³-hybridized carbons (Fsp3) is 0.200. The standard InChI is InChI=1S/C20H20N6O2S/c1-13-7-9-14(10-8-13)21-17(27)11-25(2)18(28)12-29-20-24-23-19-22-15-5-3-4-6-16(15)26(19)20/h3-10H,11-12H2,1-2H3,(H,21,27)(H,22,23). The monoisotopic (exact) mass is 408 g/mol. The Morgan fingerprint density at radius 2 is 1.93 bits per heavy atom. The molecule has 0 aliphatic heterocycles. The number of nitrogens with one attached hydrogen (secondary N) is 2. The Bertz CT molecular complexity index is 1180. The molecule has 0 aliphatic carbocycles. The molecule has 0 spiro atoms. The number of aromatic amines is 1. The largest absolute Gasteiger partial charge is 0.336 e. The topological polar surface area (TPSA) is 95.4 Å². The van der Waals surface area contributed by atoms with E-state index in [1.165, 1.54) is 16.7 Å². The zero-order valence-electron chi connectivity index (χ0n) is 16.0. The third-order valence-corrected chi connectivity index (χ3v) is 5.39. The minimum atomic E-state index is -0.238. The minimum absolute atomic E-state index is 0.0166. The predicted octanol–water partition coefficient (Wildman–Crippen LogP) is 2.71. The molecule has 148 valence electrons. The summed E-state index contributed by atoms with van der Waals surface area (Å²) in [6.45, 7) is 1.96. The molecular formula is C20H20N6O2S. The van der Waals surface area contributed by atoms with Gasteiger partial charge >= 0.3 is 0 Å². The first-order valence-electron chi connectivity index (χ1n) is 9.06. The van der Waals surface area contributed by atoms with Crippen LogP contribution in [0.15, 0.2) is 53.7 Å². The first kappa shape index (κ1) is 19.0. The lowest BCUT2D eigenvalue weighted by atomic mass is 10.2. The number of thioether (sulfide) groups is 1. The number of fused-ring (bicyclic) bond motifs is 3. The Labute approximate surface area is 171 Å². The van der Waals surface area contributed by atoms with Crippen LogP contribution in [0.2, 0.25) is 0 Å². The molecule has 2 N–H and O–H groups in total. The fourth-order valence-corrected chi connectivity index (χ4v) is 3.81. The van der Waals surface area contributed by atoms with Crippen molar-refractivity contribution in [3.63, 3.8) is 0 Å². The van der Waals surface area contributed by atoms with Gasteiger partial charge in [0.2, 0.25) is 17.6 Å². The molecule has 2 heterocycles. The fourth-order valence-electron chi connectivity index (χ4n) is 2.92. The Hall–Kier alpha value is -3.33. The highest BCUT2D eigenvalue weighted by Crippen LogP contribution is 2.23. The van der Waals surface area contributed by atoms with Gasteiger partial charge in [-0.05, 0) is 31.2 Å². The second kappa shape index (κ2) is 7.96. The van der Waals surface area contributed by atoms with Crippen LogP contribution in [0.1, 0.15) is 5.56 Å². The summed E-state index contributed by atoms with van der Waals surface area (Å²) >= 11 is 1.30. The van der Waals surface area contributed by atoms with Crippen LogP contribution in [0.5, 0.6) is 0 Å². The van der Waals surface area contributed by atoms with Crippen molar-refractivity contribution in [2.24, 2.45) is 0 Å². The molecule has 9 heteroatoms. The molecule has 4 rings (SSSR count). The van der Waals surface area contributed by atoms with E-state index in [9.17, 15) is 9.59 Å². The SMILES string of the molecule is Cc1ccc(NC(=O)CN(C)C(=O)CSc2n[nH]c3nc4ccccc4n23)cc1. The lowest BCUT2D eigenvalue weighted by Crippen LogP contribution is -2.36. The van der Waals surface area contributed by atoms with Gasteiger partial charge in [0, 0.05) is 12.7 Å². The number of aromatic nitrogens is 4. The molecule has 2 amide bonds. The van der Waals surface area contributed by atoms with Gasteiger partial charge in [-0.2, -0.15) is 0 Å². The van der Waals surface area contributed by atoms with Gasteiger partial charge in [0.05, 0.1) is 23.3 Å². The van der Waals surface area contributed by atoms with E-state index in [0.717, 1.165) is 16.6 Å². The second-order valence-corrected chi connectivity index (χ2v) is 7.66. The van der Waals surface area contributed by atoms with Crippen molar-refractivity contribution in [3.8, 4) is 0 Å². The number of carbonyl (C=O) groups excluding carboxylic acids is 2. The smallest absolute Gasteiger partial charge is 0.243 e. The van der Waals surface area contributed by atoms with Gasteiger partial charge in [-0.25, -0.2) is 10.1 Å². The van der Waals surface area contributed by atoms with Crippen molar-refractivity contribution in [2.75, 3.05) is 24.7 Å². The maximum Gasteiger partial charge on any atom is 0.243 e. The molecule has 2 aromatic heterocycles. The molecular weight excluding hydrogens is 388 g/mol. The van der Waals surface area contributed by atoms with Crippen molar-refractivity contribution in [3.05, 3.63) is 54.1 Å². The van der Waals surface area contributed by atoms with Gasteiger partial charge < -0.3 is 10.2 Å². The van der Waals surface area contributed by atoms with Crippen LogP contribution in [-0.2, 0) is 9.59 Å². The second-order valence-electron chi connectivity index (χ2n) is 6.72. The van der Waals surface area contributed by atoms with Crippen molar-refractivity contribution >= 4 is 46.1 Å². The van der Waals surface area contributed by atoms with Gasteiger partial charge in [0.1, 0.15) is 0 Å². The van der Waals surface area contributed by atoms with Gasteiger partial charge in [-0.1, -0.05) is 41.6 Å². The molecule has 8 nitrogen and oxygen atoms in total. The van der Waals surface area contributed by atoms with Crippen molar-refractivity contribution in [1.29, 1.82) is 0 Å². The van der Waals surface area contributed by atoms with Crippen LogP contribution < -0.4 is 5.32 Å². The average Bonchev–Trinajstić information content (AvgIpc) is 3.27. The number of benzene rings is 2. The number of para-hydroxylation sites is 2. The number of H-pyrrole nitrogens is 1. The zero-order chi connectivity index (χ0) is 20.4. The number of aryl methyl sites for hydroxylation is 1. The number of nitrogens with zero attached hydrogens (tertiary/aromatic N) is 4. The maximum absolute atomic E-state index is 12.5. The van der Waals surface area contributed by atoms with E-state index < -0.39 is 0 Å². The maximum atomic E-state index is 12.5. The number of rotatable bonds is 6.